The molecule has 1 amide bonds. The highest BCUT2D eigenvalue weighted by Gasteiger charge is 2.30. The fraction of sp³-hybridized carbons (Fsp3) is 0.524. The number of allylic oxidation sites excluding steroid dienone is 1. The lowest BCUT2D eigenvalue weighted by Crippen LogP contribution is -2.45. The molecular formula is C21H26N2O4S. The van der Waals surface area contributed by atoms with Crippen LogP contribution in [0.2, 0.25) is 0 Å². The Labute approximate surface area is 166 Å². The molecular weight excluding hydrogens is 376 g/mol. The van der Waals surface area contributed by atoms with Gasteiger partial charge in [0.05, 0.1) is 11.0 Å². The van der Waals surface area contributed by atoms with Crippen LogP contribution >= 0.6 is 0 Å². The van der Waals surface area contributed by atoms with Gasteiger partial charge in [-0.2, -0.15) is 5.26 Å². The van der Waals surface area contributed by atoms with Gasteiger partial charge >= 0.3 is 0 Å². The molecule has 0 spiro atoms. The smallest absolute Gasteiger partial charge is 0.249 e. The van der Waals surface area contributed by atoms with E-state index in [0.717, 1.165) is 49.2 Å². The summed E-state index contributed by atoms with van der Waals surface area (Å²) >= 11 is 0. The molecule has 1 heterocycles. The molecule has 0 bridgehead atoms. The van der Waals surface area contributed by atoms with E-state index in [1.54, 1.807) is 30.3 Å². The molecule has 1 saturated heterocycles. The first kappa shape index (κ1) is 20.6. The molecule has 1 saturated carbocycles. The van der Waals surface area contributed by atoms with Crippen LogP contribution in [0.25, 0.3) is 0 Å². The SMILES string of the molecule is N#C/C=C/S(=O)(=O)c1ccc(C2CCOC(C(=O)NC3CCCCC3)C2)cc1. The number of sulfone groups is 1. The Morgan fingerprint density at radius 3 is 2.54 bits per heavy atom. The lowest BCUT2D eigenvalue weighted by molar-refractivity contribution is -0.137. The third-order valence-corrected chi connectivity index (χ3v) is 6.95. The van der Waals surface area contributed by atoms with Gasteiger partial charge in [-0.25, -0.2) is 8.42 Å². The monoisotopic (exact) mass is 402 g/mol. The Bertz CT molecular complexity index is 849. The minimum Gasteiger partial charge on any atom is -0.368 e. The number of nitrogens with one attached hydrogen (secondary N) is 1. The van der Waals surface area contributed by atoms with Gasteiger partial charge in [-0.05, 0) is 49.3 Å². The Kier molecular flexibility index (Phi) is 6.87. The number of amides is 1. The average molecular weight is 403 g/mol. The number of hydrogen-bond donors (Lipinski definition) is 1. The van der Waals surface area contributed by atoms with Crippen molar-refractivity contribution in [1.82, 2.24) is 5.32 Å². The first-order valence-electron chi connectivity index (χ1n) is 9.83. The zero-order valence-electron chi connectivity index (χ0n) is 15.8. The number of carbonyl (C=O) groups is 1. The van der Waals surface area contributed by atoms with Gasteiger partial charge in [0.25, 0.3) is 0 Å². The highest BCUT2D eigenvalue weighted by molar-refractivity contribution is 7.94. The second-order valence-electron chi connectivity index (χ2n) is 7.47. The molecule has 7 heteroatoms. The summed E-state index contributed by atoms with van der Waals surface area (Å²) in [5, 5.41) is 12.6. The van der Waals surface area contributed by atoms with Crippen LogP contribution in [-0.2, 0) is 19.4 Å². The van der Waals surface area contributed by atoms with Gasteiger partial charge in [-0.15, -0.1) is 0 Å². The van der Waals surface area contributed by atoms with Crippen molar-refractivity contribution in [2.75, 3.05) is 6.61 Å². The molecule has 0 aromatic heterocycles. The summed E-state index contributed by atoms with van der Waals surface area (Å²) in [7, 11) is -3.60. The molecule has 2 aliphatic rings. The second kappa shape index (κ2) is 9.35. The second-order valence-corrected chi connectivity index (χ2v) is 9.30. The lowest BCUT2D eigenvalue weighted by Gasteiger charge is -2.31. The topological polar surface area (TPSA) is 96.3 Å². The zero-order valence-corrected chi connectivity index (χ0v) is 16.7. The summed E-state index contributed by atoms with van der Waals surface area (Å²) in [6.45, 7) is 0.512. The number of carbonyl (C=O) groups excluding carboxylic acids is 1. The number of ether oxygens (including phenoxy) is 1. The number of rotatable bonds is 5. The third kappa shape index (κ3) is 5.21. The summed E-state index contributed by atoms with van der Waals surface area (Å²) in [4.78, 5) is 12.7. The molecule has 2 atom stereocenters. The zero-order chi connectivity index (χ0) is 20.0. The maximum absolute atomic E-state index is 12.6. The third-order valence-electron chi connectivity index (χ3n) is 5.53. The molecule has 2 unspecified atom stereocenters. The molecule has 1 aliphatic carbocycles. The largest absolute Gasteiger partial charge is 0.368 e. The summed E-state index contributed by atoms with van der Waals surface area (Å²) < 4.78 is 29.9. The van der Waals surface area contributed by atoms with Gasteiger partial charge in [0.2, 0.25) is 15.7 Å². The summed E-state index contributed by atoms with van der Waals surface area (Å²) in [6, 6.07) is 8.64. The van der Waals surface area contributed by atoms with Gasteiger partial charge in [-0.1, -0.05) is 31.4 Å². The van der Waals surface area contributed by atoms with Crippen LogP contribution in [0.3, 0.4) is 0 Å². The molecule has 1 aromatic carbocycles. The van der Waals surface area contributed by atoms with E-state index in [1.165, 1.54) is 6.42 Å². The highest BCUT2D eigenvalue weighted by atomic mass is 32.2. The van der Waals surface area contributed by atoms with Crippen molar-refractivity contribution in [3.63, 3.8) is 0 Å². The van der Waals surface area contributed by atoms with Crippen molar-refractivity contribution in [2.45, 2.75) is 67.9 Å². The van der Waals surface area contributed by atoms with Crippen molar-refractivity contribution >= 4 is 15.7 Å². The molecule has 28 heavy (non-hydrogen) atoms. The van der Waals surface area contributed by atoms with Gasteiger partial charge in [-0.3, -0.25) is 4.79 Å². The van der Waals surface area contributed by atoms with Crippen molar-refractivity contribution in [1.29, 1.82) is 5.26 Å². The maximum Gasteiger partial charge on any atom is 0.249 e. The van der Waals surface area contributed by atoms with Crippen LogP contribution in [0.5, 0.6) is 0 Å². The van der Waals surface area contributed by atoms with Crippen molar-refractivity contribution in [3.05, 3.63) is 41.3 Å². The molecule has 2 fully saturated rings. The molecule has 3 rings (SSSR count). The molecule has 1 aromatic rings. The van der Waals surface area contributed by atoms with Gasteiger partial charge in [0.15, 0.2) is 0 Å². The summed E-state index contributed by atoms with van der Waals surface area (Å²) in [5.74, 6) is 0.125. The molecule has 1 aliphatic heterocycles. The van der Waals surface area contributed by atoms with Crippen molar-refractivity contribution < 1.29 is 17.9 Å². The fourth-order valence-electron chi connectivity index (χ4n) is 3.95. The van der Waals surface area contributed by atoms with E-state index in [2.05, 4.69) is 5.32 Å². The van der Waals surface area contributed by atoms with Crippen LogP contribution in [0.15, 0.2) is 40.6 Å². The van der Waals surface area contributed by atoms with Crippen LogP contribution in [0.4, 0.5) is 0 Å². The minimum atomic E-state index is -3.60. The molecule has 6 nitrogen and oxygen atoms in total. The Morgan fingerprint density at radius 2 is 1.86 bits per heavy atom. The number of nitrogens with zero attached hydrogens (tertiary/aromatic N) is 1. The van der Waals surface area contributed by atoms with E-state index in [-0.39, 0.29) is 22.8 Å². The summed E-state index contributed by atoms with van der Waals surface area (Å²) in [5.41, 5.74) is 1.00. The van der Waals surface area contributed by atoms with E-state index >= 15 is 0 Å². The molecule has 150 valence electrons. The Hall–Kier alpha value is -2.17. The van der Waals surface area contributed by atoms with Gasteiger partial charge in [0, 0.05) is 24.1 Å². The first-order chi connectivity index (χ1) is 13.5. The lowest BCUT2D eigenvalue weighted by atomic mass is 9.88. The quantitative estimate of drug-likeness (QED) is 0.763. The standard InChI is InChI=1S/C21H26N2O4S/c22-12-4-14-28(25,26)19-9-7-16(8-10-19)17-11-13-27-20(15-17)21(24)23-18-5-2-1-3-6-18/h4,7-10,14,17-18,20H,1-3,5-6,11,13,15H2,(H,23,24)/b14-4+. The number of benzene rings is 1. The minimum absolute atomic E-state index is 0.0301. The Balaban J connectivity index is 1.63. The summed E-state index contributed by atoms with van der Waals surface area (Å²) in [6.07, 6.45) is 7.55. The predicted octanol–water partition coefficient (Wildman–Crippen LogP) is 3.21. The predicted molar refractivity (Wildman–Crippen MR) is 105 cm³/mol. The molecule has 1 N–H and O–H groups in total. The first-order valence-corrected chi connectivity index (χ1v) is 11.4. The van der Waals surface area contributed by atoms with Crippen molar-refractivity contribution in [2.24, 2.45) is 0 Å². The maximum atomic E-state index is 12.6. The fourth-order valence-corrected chi connectivity index (χ4v) is 4.86. The van der Waals surface area contributed by atoms with Crippen LogP contribution in [0.1, 0.15) is 56.4 Å². The van der Waals surface area contributed by atoms with Crippen LogP contribution in [-0.4, -0.2) is 33.1 Å². The van der Waals surface area contributed by atoms with Gasteiger partial charge in [0.1, 0.15) is 6.10 Å². The number of nitriles is 1. The van der Waals surface area contributed by atoms with E-state index in [4.69, 9.17) is 10.00 Å². The molecule has 0 radical (unpaired) electrons. The van der Waals surface area contributed by atoms with Crippen molar-refractivity contribution in [3.8, 4) is 6.07 Å². The van der Waals surface area contributed by atoms with E-state index in [1.807, 2.05) is 0 Å². The van der Waals surface area contributed by atoms with E-state index in [0.29, 0.717) is 13.0 Å². The highest BCUT2D eigenvalue weighted by Crippen LogP contribution is 2.31. The van der Waals surface area contributed by atoms with E-state index < -0.39 is 15.9 Å². The van der Waals surface area contributed by atoms with E-state index in [9.17, 15) is 13.2 Å². The number of hydrogen-bond acceptors (Lipinski definition) is 5. The average Bonchev–Trinajstić information content (AvgIpc) is 2.73. The van der Waals surface area contributed by atoms with Crippen LogP contribution in [0, 0.1) is 11.3 Å². The Morgan fingerprint density at radius 1 is 1.14 bits per heavy atom. The normalized spacial score (nSPS) is 24.0. The van der Waals surface area contributed by atoms with Crippen LogP contribution < -0.4 is 5.32 Å². The van der Waals surface area contributed by atoms with Gasteiger partial charge < -0.3 is 10.1 Å².